The van der Waals surface area contributed by atoms with Crippen molar-refractivity contribution in [3.05, 3.63) is 53.3 Å². The van der Waals surface area contributed by atoms with Gasteiger partial charge in [0.25, 0.3) is 5.91 Å². The van der Waals surface area contributed by atoms with Gasteiger partial charge in [-0.15, -0.1) is 0 Å². The lowest BCUT2D eigenvalue weighted by molar-refractivity contribution is 0.0999. The Kier molecular flexibility index (Phi) is 3.79. The monoisotopic (exact) mass is 270 g/mol. The van der Waals surface area contributed by atoms with Crippen molar-refractivity contribution in [2.75, 3.05) is 5.32 Å². The van der Waals surface area contributed by atoms with Crippen LogP contribution in [0.15, 0.2) is 36.4 Å². The molecule has 1 heterocycles. The Morgan fingerprint density at radius 1 is 0.950 bits per heavy atom. The molecule has 0 spiro atoms. The maximum atomic E-state index is 12.0. The number of Topliss-reactive ketones (excluding diaryl/α,β-unsaturated/α-hetero) is 2. The summed E-state index contributed by atoms with van der Waals surface area (Å²) in [4.78, 5) is 37.2. The van der Waals surface area contributed by atoms with Crippen molar-refractivity contribution in [1.82, 2.24) is 4.98 Å². The van der Waals surface area contributed by atoms with E-state index in [-0.39, 0.29) is 17.5 Å². The molecule has 20 heavy (non-hydrogen) atoms. The minimum atomic E-state index is -0.363. The zero-order chi connectivity index (χ0) is 14.7. The minimum absolute atomic E-state index is 0.0696. The van der Waals surface area contributed by atoms with E-state index in [2.05, 4.69) is 10.3 Å². The first-order valence-electron chi connectivity index (χ1n) is 6.09. The molecule has 5 nitrogen and oxygen atoms in total. The van der Waals surface area contributed by atoms with E-state index in [1.54, 1.807) is 36.4 Å². The minimum Gasteiger partial charge on any atom is -0.348 e. The fraction of sp³-hybridized carbons (Fsp3) is 0.133. The first-order chi connectivity index (χ1) is 9.47. The van der Waals surface area contributed by atoms with Crippen LogP contribution in [0.3, 0.4) is 0 Å². The first-order valence-corrected chi connectivity index (χ1v) is 6.09. The van der Waals surface area contributed by atoms with Crippen LogP contribution in [0, 0.1) is 0 Å². The Morgan fingerprint density at radius 3 is 2.25 bits per heavy atom. The number of hydrogen-bond acceptors (Lipinski definition) is 3. The van der Waals surface area contributed by atoms with Crippen LogP contribution >= 0.6 is 0 Å². The number of anilines is 1. The number of nitrogens with one attached hydrogen (secondary N) is 2. The number of aromatic amines is 1. The molecule has 0 aliphatic carbocycles. The number of H-pyrrole nitrogens is 1. The van der Waals surface area contributed by atoms with Crippen LogP contribution in [-0.2, 0) is 0 Å². The summed E-state index contributed by atoms with van der Waals surface area (Å²) in [5, 5.41) is 2.67. The number of ketones is 2. The van der Waals surface area contributed by atoms with Gasteiger partial charge in [-0.2, -0.15) is 0 Å². The van der Waals surface area contributed by atoms with E-state index in [0.717, 1.165) is 0 Å². The average molecular weight is 270 g/mol. The molecule has 2 aromatic rings. The Bertz CT molecular complexity index is 686. The Morgan fingerprint density at radius 2 is 1.65 bits per heavy atom. The van der Waals surface area contributed by atoms with Gasteiger partial charge < -0.3 is 10.3 Å². The maximum absolute atomic E-state index is 12.0. The normalized spacial score (nSPS) is 10.1. The van der Waals surface area contributed by atoms with Gasteiger partial charge >= 0.3 is 0 Å². The van der Waals surface area contributed by atoms with Gasteiger partial charge in [-0.3, -0.25) is 14.4 Å². The first kappa shape index (κ1) is 13.7. The molecule has 0 aliphatic rings. The standard InChI is InChI=1S/C15H14N2O3/c1-9(18)11-4-3-5-12(8-11)16-15(20)14-7-6-13(17-14)10(2)19/h3-8,17H,1-2H3,(H,16,20). The van der Waals surface area contributed by atoms with Crippen LogP contribution in [0.2, 0.25) is 0 Å². The van der Waals surface area contributed by atoms with Gasteiger partial charge in [-0.1, -0.05) is 12.1 Å². The fourth-order valence-electron chi connectivity index (χ4n) is 1.75. The lowest BCUT2D eigenvalue weighted by atomic mass is 10.1. The van der Waals surface area contributed by atoms with Crippen molar-refractivity contribution in [1.29, 1.82) is 0 Å². The smallest absolute Gasteiger partial charge is 0.272 e. The molecule has 0 radical (unpaired) electrons. The number of rotatable bonds is 4. The topological polar surface area (TPSA) is 79.0 Å². The van der Waals surface area contributed by atoms with Crippen molar-refractivity contribution >= 4 is 23.2 Å². The van der Waals surface area contributed by atoms with E-state index in [1.165, 1.54) is 13.8 Å². The van der Waals surface area contributed by atoms with Gasteiger partial charge in [0.1, 0.15) is 5.69 Å². The molecule has 102 valence electrons. The molecular formula is C15H14N2O3. The molecule has 5 heteroatoms. The molecule has 2 N–H and O–H groups in total. The summed E-state index contributed by atoms with van der Waals surface area (Å²) in [5.41, 5.74) is 1.73. The maximum Gasteiger partial charge on any atom is 0.272 e. The van der Waals surface area contributed by atoms with E-state index in [4.69, 9.17) is 0 Å². The third kappa shape index (κ3) is 3.00. The fourth-order valence-corrected chi connectivity index (χ4v) is 1.75. The van der Waals surface area contributed by atoms with E-state index in [0.29, 0.717) is 22.6 Å². The number of amides is 1. The second-order valence-electron chi connectivity index (χ2n) is 4.43. The lowest BCUT2D eigenvalue weighted by Gasteiger charge is -2.05. The molecule has 1 amide bonds. The molecular weight excluding hydrogens is 256 g/mol. The second-order valence-corrected chi connectivity index (χ2v) is 4.43. The van der Waals surface area contributed by atoms with Gasteiger partial charge in [-0.25, -0.2) is 0 Å². The van der Waals surface area contributed by atoms with Gasteiger partial charge in [0, 0.05) is 18.2 Å². The Balaban J connectivity index is 2.16. The molecule has 0 bridgehead atoms. The second kappa shape index (κ2) is 5.52. The largest absolute Gasteiger partial charge is 0.348 e. The quantitative estimate of drug-likeness (QED) is 0.838. The van der Waals surface area contributed by atoms with E-state index in [9.17, 15) is 14.4 Å². The highest BCUT2D eigenvalue weighted by atomic mass is 16.2. The number of carbonyl (C=O) groups excluding carboxylic acids is 3. The van der Waals surface area contributed by atoms with Gasteiger partial charge in [0.15, 0.2) is 11.6 Å². The highest BCUT2D eigenvalue weighted by Gasteiger charge is 2.11. The molecule has 1 aromatic heterocycles. The zero-order valence-corrected chi connectivity index (χ0v) is 11.2. The van der Waals surface area contributed by atoms with Gasteiger partial charge in [0.2, 0.25) is 0 Å². The van der Waals surface area contributed by atoms with Crippen molar-refractivity contribution in [3.63, 3.8) is 0 Å². The van der Waals surface area contributed by atoms with Crippen LogP contribution in [0.4, 0.5) is 5.69 Å². The molecule has 0 saturated carbocycles. The van der Waals surface area contributed by atoms with Crippen LogP contribution in [0.25, 0.3) is 0 Å². The summed E-state index contributed by atoms with van der Waals surface area (Å²) in [7, 11) is 0. The predicted octanol–water partition coefficient (Wildman–Crippen LogP) is 2.67. The molecule has 0 unspecified atom stereocenters. The Labute approximate surface area is 116 Å². The van der Waals surface area contributed by atoms with Crippen molar-refractivity contribution < 1.29 is 14.4 Å². The van der Waals surface area contributed by atoms with E-state index >= 15 is 0 Å². The third-order valence-electron chi connectivity index (χ3n) is 2.84. The summed E-state index contributed by atoms with van der Waals surface area (Å²) in [6.45, 7) is 2.88. The number of aromatic nitrogens is 1. The molecule has 0 aliphatic heterocycles. The van der Waals surface area contributed by atoms with Crippen molar-refractivity contribution in [3.8, 4) is 0 Å². The lowest BCUT2D eigenvalue weighted by Crippen LogP contribution is -2.13. The van der Waals surface area contributed by atoms with E-state index < -0.39 is 0 Å². The summed E-state index contributed by atoms with van der Waals surface area (Å²) < 4.78 is 0. The van der Waals surface area contributed by atoms with Gasteiger partial charge in [0.05, 0.1) is 5.69 Å². The number of benzene rings is 1. The third-order valence-corrected chi connectivity index (χ3v) is 2.84. The summed E-state index contributed by atoms with van der Waals surface area (Å²) >= 11 is 0. The van der Waals surface area contributed by atoms with Crippen LogP contribution in [0.5, 0.6) is 0 Å². The number of hydrogen-bond donors (Lipinski definition) is 2. The number of carbonyl (C=O) groups is 3. The van der Waals surface area contributed by atoms with E-state index in [1.807, 2.05) is 0 Å². The molecule has 2 rings (SSSR count). The molecule has 0 saturated heterocycles. The highest BCUT2D eigenvalue weighted by molar-refractivity contribution is 6.05. The summed E-state index contributed by atoms with van der Waals surface area (Å²) in [6, 6.07) is 9.78. The van der Waals surface area contributed by atoms with Crippen LogP contribution in [0.1, 0.15) is 45.2 Å². The predicted molar refractivity (Wildman–Crippen MR) is 75.2 cm³/mol. The summed E-state index contributed by atoms with van der Waals surface area (Å²) in [6.07, 6.45) is 0. The Hall–Kier alpha value is -2.69. The molecule has 0 fully saturated rings. The molecule has 0 atom stereocenters. The summed E-state index contributed by atoms with van der Waals surface area (Å²) in [5.74, 6) is -0.569. The van der Waals surface area contributed by atoms with Crippen molar-refractivity contribution in [2.24, 2.45) is 0 Å². The van der Waals surface area contributed by atoms with Gasteiger partial charge in [-0.05, 0) is 31.2 Å². The molecule has 1 aromatic carbocycles. The highest BCUT2D eigenvalue weighted by Crippen LogP contribution is 2.13. The van der Waals surface area contributed by atoms with Crippen LogP contribution in [-0.4, -0.2) is 22.5 Å². The van der Waals surface area contributed by atoms with Crippen LogP contribution < -0.4 is 5.32 Å². The van der Waals surface area contributed by atoms with Crippen molar-refractivity contribution in [2.45, 2.75) is 13.8 Å². The SMILES string of the molecule is CC(=O)c1cccc(NC(=O)c2ccc(C(C)=O)[nH]2)c1. The average Bonchev–Trinajstić information content (AvgIpc) is 2.88. The zero-order valence-electron chi connectivity index (χ0n) is 11.2.